The molecule has 5 N–H and O–H groups in total. The van der Waals surface area contributed by atoms with Crippen LogP contribution in [0.5, 0.6) is 11.6 Å². The molecule has 0 spiro atoms. The summed E-state index contributed by atoms with van der Waals surface area (Å²) in [6.07, 6.45) is 12.2. The molecule has 1 aliphatic carbocycles. The van der Waals surface area contributed by atoms with Gasteiger partial charge in [-0.25, -0.2) is 9.97 Å². The molecule has 4 aromatic heterocycles. The van der Waals surface area contributed by atoms with Crippen molar-refractivity contribution in [1.82, 2.24) is 40.4 Å². The number of nitrogen functional groups attached to an aromatic ring is 1. The number of para-hydroxylation sites is 1. The Kier molecular flexibility index (Phi) is 15.5. The van der Waals surface area contributed by atoms with Crippen molar-refractivity contribution in [3.8, 4) is 33.3 Å². The number of hydrogen-bond acceptors (Lipinski definition) is 18. The summed E-state index contributed by atoms with van der Waals surface area (Å²) in [4.78, 5) is 50.1. The molecular weight excluding hydrogens is 1070 g/mol. The lowest BCUT2D eigenvalue weighted by atomic mass is 9.89. The van der Waals surface area contributed by atoms with Crippen LogP contribution in [0.15, 0.2) is 89.0 Å². The number of nitrogens with two attached hydrogens (primary N) is 1. The number of aromatic nitrogens is 5. The van der Waals surface area contributed by atoms with Gasteiger partial charge in [-0.2, -0.15) is 0 Å². The predicted octanol–water partition coefficient (Wildman–Crippen LogP) is 8.52. The van der Waals surface area contributed by atoms with Gasteiger partial charge in [-0.3, -0.25) is 9.59 Å². The largest absolute Gasteiger partial charge is 0.507 e. The van der Waals surface area contributed by atoms with Crippen molar-refractivity contribution in [1.29, 1.82) is 0 Å². The van der Waals surface area contributed by atoms with E-state index in [4.69, 9.17) is 19.7 Å². The highest BCUT2D eigenvalue weighted by atomic mass is 32.1. The maximum Gasteiger partial charge on any atom is 0.243 e. The number of piperidine rings is 2. The summed E-state index contributed by atoms with van der Waals surface area (Å²) in [6, 6.07) is 23.7. The minimum atomic E-state index is -0.802. The normalized spacial score (nSPS) is 27.0. The number of rotatable bonds is 17. The number of carbonyl (C=O) groups excluding carboxylic acids is 2. The summed E-state index contributed by atoms with van der Waals surface area (Å²) in [7, 11) is 0. The number of β-amino-alcohol motifs (C(OH)–C–C–N with tert-alkyl or cyclic N) is 1. The lowest BCUT2D eigenvalue weighted by Gasteiger charge is -2.43. The van der Waals surface area contributed by atoms with Crippen LogP contribution in [0, 0.1) is 18.8 Å². The Morgan fingerprint density at radius 3 is 2.27 bits per heavy atom. The predicted molar refractivity (Wildman–Crippen MR) is 318 cm³/mol. The van der Waals surface area contributed by atoms with E-state index >= 15 is 0 Å². The van der Waals surface area contributed by atoms with Gasteiger partial charge in [0, 0.05) is 112 Å². The van der Waals surface area contributed by atoms with Crippen molar-refractivity contribution < 1.29 is 33.8 Å². The zero-order valence-corrected chi connectivity index (χ0v) is 48.8. The van der Waals surface area contributed by atoms with E-state index in [9.17, 15) is 19.8 Å². The molecule has 2 aromatic carbocycles. The molecule has 7 fully saturated rings. The highest BCUT2D eigenvalue weighted by molar-refractivity contribution is 7.13. The van der Waals surface area contributed by atoms with Crippen LogP contribution in [0.3, 0.4) is 0 Å². The van der Waals surface area contributed by atoms with E-state index in [0.717, 1.165) is 136 Å². The zero-order valence-electron chi connectivity index (χ0n) is 48.0. The van der Waals surface area contributed by atoms with Crippen LogP contribution < -0.4 is 30.5 Å². The average Bonchev–Trinajstić information content (AvgIpc) is 4.48. The van der Waals surface area contributed by atoms with Gasteiger partial charge in [0.25, 0.3) is 0 Å². The molecule has 7 aliphatic rings. The number of aliphatic hydroxyl groups is 1. The number of phenolic OH excluding ortho intramolecular Hbond substituents is 1. The number of amides is 2. The van der Waals surface area contributed by atoms with Crippen molar-refractivity contribution in [2.24, 2.45) is 11.8 Å². The Hall–Kier alpha value is -6.87. The minimum Gasteiger partial charge on any atom is -0.507 e. The van der Waals surface area contributed by atoms with E-state index in [1.807, 2.05) is 87.9 Å². The van der Waals surface area contributed by atoms with Crippen LogP contribution in [-0.2, 0) is 14.3 Å². The number of aliphatic hydroxyl groups excluding tert-OH is 1. The van der Waals surface area contributed by atoms with Gasteiger partial charge >= 0.3 is 0 Å². The molecule has 13 rings (SSSR count). The number of likely N-dealkylation sites (tertiary alicyclic amines) is 2. The fourth-order valence-electron chi connectivity index (χ4n) is 14.8. The van der Waals surface area contributed by atoms with E-state index in [1.54, 1.807) is 28.4 Å². The summed E-state index contributed by atoms with van der Waals surface area (Å²) < 4.78 is 19.2. The monoisotopic (exact) mass is 1150 g/mol. The van der Waals surface area contributed by atoms with Gasteiger partial charge in [0.2, 0.25) is 17.7 Å². The first-order chi connectivity index (χ1) is 40.3. The van der Waals surface area contributed by atoms with Crippen LogP contribution >= 0.6 is 11.3 Å². The van der Waals surface area contributed by atoms with E-state index in [1.165, 1.54) is 0 Å². The maximum absolute atomic E-state index is 14.5. The number of phenols is 1. The Bertz CT molecular complexity index is 3240. The fraction of sp³-hybridized carbons (Fsp3) is 0.540. The number of anilines is 4. The molecule has 4 unspecified atom stereocenters. The topological polar surface area (TPSA) is 225 Å². The Balaban J connectivity index is 0.551. The van der Waals surface area contributed by atoms with Crippen molar-refractivity contribution in [3.63, 3.8) is 0 Å². The third-order valence-electron chi connectivity index (χ3n) is 19.1. The van der Waals surface area contributed by atoms with E-state index in [-0.39, 0.29) is 60.8 Å². The molecule has 6 saturated heterocycles. The molecule has 83 heavy (non-hydrogen) atoms. The number of pyridine rings is 1. The highest BCUT2D eigenvalue weighted by Gasteiger charge is 2.47. The van der Waals surface area contributed by atoms with Crippen molar-refractivity contribution >= 4 is 46.2 Å². The number of aryl methyl sites for hydroxylation is 1. The van der Waals surface area contributed by atoms with Crippen molar-refractivity contribution in [3.05, 3.63) is 102 Å². The van der Waals surface area contributed by atoms with Gasteiger partial charge in [0.1, 0.15) is 23.8 Å². The second-order valence-corrected chi connectivity index (χ2v) is 25.8. The van der Waals surface area contributed by atoms with Gasteiger partial charge < -0.3 is 59.8 Å². The molecule has 6 aliphatic heterocycles. The SMILES string of the molecule is Cc1ncsc1-c1ccc([C@H](C)NC(=O)[C@@H]2C[C@@H](O)CN2C(=O)[C@H](c2cc(N3C4CCC3CC(CN3CCC(O[C@H]5C[C@H](Oc6cc(N7C8CCC7CN(c7cc(-c9ccccc9O)nnc7N)C8)ccn6)C5)CC3)C4)no2)C(C)C)cc1. The molecular formula is C63H78N12O7S. The van der Waals surface area contributed by atoms with Gasteiger partial charge in [-0.15, -0.1) is 21.5 Å². The second kappa shape index (κ2) is 23.3. The third kappa shape index (κ3) is 11.4. The smallest absolute Gasteiger partial charge is 0.243 e. The molecule has 2 amide bonds. The van der Waals surface area contributed by atoms with Gasteiger partial charge in [-0.1, -0.05) is 55.4 Å². The van der Waals surface area contributed by atoms with Crippen LogP contribution in [0.2, 0.25) is 0 Å². The summed E-state index contributed by atoms with van der Waals surface area (Å²) in [5.74, 6) is 1.84. The summed E-state index contributed by atoms with van der Waals surface area (Å²) >= 11 is 1.60. The van der Waals surface area contributed by atoms with Crippen LogP contribution in [0.1, 0.15) is 120 Å². The number of piperazine rings is 1. The van der Waals surface area contributed by atoms with Crippen LogP contribution in [-0.4, -0.2) is 151 Å². The first kappa shape index (κ1) is 55.3. The minimum absolute atomic E-state index is 0.0865. The number of carbonyl (C=O) groups is 2. The van der Waals surface area contributed by atoms with E-state index in [2.05, 4.69) is 62.4 Å². The molecule has 8 atom stereocenters. The lowest BCUT2D eigenvalue weighted by molar-refractivity contribution is -0.141. The molecule has 1 saturated carbocycles. The Morgan fingerprint density at radius 1 is 0.819 bits per heavy atom. The van der Waals surface area contributed by atoms with E-state index < -0.39 is 18.1 Å². The zero-order chi connectivity index (χ0) is 57.0. The number of fused-ring (bicyclic) bond motifs is 4. The first-order valence-electron chi connectivity index (χ1n) is 30.3. The van der Waals surface area contributed by atoms with Crippen LogP contribution in [0.4, 0.5) is 23.0 Å². The van der Waals surface area contributed by atoms with E-state index in [0.29, 0.717) is 58.8 Å². The maximum atomic E-state index is 14.5. The second-order valence-electron chi connectivity index (χ2n) is 25.0. The molecule has 10 heterocycles. The quantitative estimate of drug-likeness (QED) is 0.0671. The molecule has 6 aromatic rings. The summed E-state index contributed by atoms with van der Waals surface area (Å²) in [5, 5.41) is 37.7. The number of ether oxygens (including phenoxy) is 2. The molecule has 438 valence electrons. The van der Waals surface area contributed by atoms with Gasteiger partial charge in [0.15, 0.2) is 17.4 Å². The summed E-state index contributed by atoms with van der Waals surface area (Å²) in [6.45, 7) is 12.8. The Labute approximate surface area is 489 Å². The molecule has 20 heteroatoms. The third-order valence-corrected chi connectivity index (χ3v) is 20.1. The number of nitrogens with one attached hydrogen (secondary N) is 1. The van der Waals surface area contributed by atoms with Gasteiger partial charge in [-0.05, 0) is 112 Å². The molecule has 19 nitrogen and oxygen atoms in total. The summed E-state index contributed by atoms with van der Waals surface area (Å²) in [5.41, 5.74) is 14.5. The van der Waals surface area contributed by atoms with Gasteiger partial charge in [0.05, 0.1) is 51.8 Å². The van der Waals surface area contributed by atoms with Crippen LogP contribution in [0.25, 0.3) is 21.7 Å². The number of benzene rings is 2. The lowest BCUT2D eigenvalue weighted by Crippen LogP contribution is -2.54. The number of nitrogens with zero attached hydrogens (tertiary/aromatic N) is 10. The van der Waals surface area contributed by atoms with Crippen molar-refractivity contribution in [2.45, 2.75) is 165 Å². The number of hydrogen-bond donors (Lipinski definition) is 4. The highest BCUT2D eigenvalue weighted by Crippen LogP contribution is 2.45. The standard InChI is InChI=1S/C63H78N12O7S/c1-36(2)59(63(79)73-34-47(76)26-54(73)62(78)67-37(3)40-9-11-41(12-10-40)60-38(4)66-35-83-60)56-30-57(70-82-56)75-42-13-14-43(75)24-39(23-42)31-71-21-18-48(19-22-71)80-49-27-50(28-49)81-58-25-44(17-20-65-58)74-45-15-16-46(74)33-72(32-45)53-29-52(68-69-61(53)64)51-7-5-6-8-55(51)77/h5-12,17,20,25,29-30,35-37,39,42-43,45-50,54,59,76-77H,13-16,18-19,21-24,26-28,31-34H2,1-4H3,(H2,64,69)(H,67,78)/t37-,39?,42?,43?,45?,46?,47+,49-,50-,54-,59-/m0/s1. The number of aromatic hydroxyl groups is 1. The van der Waals surface area contributed by atoms with Crippen molar-refractivity contribution in [2.75, 3.05) is 59.7 Å². The first-order valence-corrected chi connectivity index (χ1v) is 31.1. The fourth-order valence-corrected chi connectivity index (χ4v) is 15.7. The average molecular weight is 1150 g/mol. The number of thiazole rings is 1. The molecule has 4 bridgehead atoms. The Morgan fingerprint density at radius 2 is 1.55 bits per heavy atom. The molecule has 0 radical (unpaired) electrons.